The molecule has 0 unspecified atom stereocenters. The summed E-state index contributed by atoms with van der Waals surface area (Å²) in [6.45, 7) is 4.28. The van der Waals surface area contributed by atoms with Crippen LogP contribution < -0.4 is 0 Å². The quantitative estimate of drug-likeness (QED) is 0.783. The van der Waals surface area contributed by atoms with Crippen molar-refractivity contribution in [3.8, 4) is 6.07 Å². The lowest BCUT2D eigenvalue weighted by molar-refractivity contribution is 0.0361. The summed E-state index contributed by atoms with van der Waals surface area (Å²) in [6, 6.07) is 4.47. The maximum atomic E-state index is 9.32. The average molecular weight is 349 g/mol. The third-order valence-corrected chi connectivity index (χ3v) is 6.63. The molecule has 0 bridgehead atoms. The number of hydrogen-bond donors (Lipinski definition) is 1. The number of aromatic nitrogens is 5. The highest BCUT2D eigenvalue weighted by atomic mass is 15.3. The Kier molecular flexibility index (Phi) is 3.50. The molecule has 2 atom stereocenters. The van der Waals surface area contributed by atoms with Gasteiger partial charge in [-0.3, -0.25) is 9.30 Å². The van der Waals surface area contributed by atoms with E-state index in [1.165, 1.54) is 6.42 Å². The van der Waals surface area contributed by atoms with Crippen molar-refractivity contribution >= 4 is 16.8 Å². The van der Waals surface area contributed by atoms with Crippen LogP contribution in [0.2, 0.25) is 0 Å². The number of aromatic amines is 1. The lowest BCUT2D eigenvalue weighted by atomic mass is 9.73. The molecule has 1 saturated carbocycles. The van der Waals surface area contributed by atoms with Crippen LogP contribution in [0.5, 0.6) is 0 Å². The summed E-state index contributed by atoms with van der Waals surface area (Å²) in [5.41, 5.74) is 2.80. The van der Waals surface area contributed by atoms with Crippen LogP contribution in [-0.2, 0) is 0 Å². The summed E-state index contributed by atoms with van der Waals surface area (Å²) >= 11 is 0. The second-order valence-electron chi connectivity index (χ2n) is 7.81. The van der Waals surface area contributed by atoms with Gasteiger partial charge in [0.15, 0.2) is 11.3 Å². The minimum absolute atomic E-state index is 0.0996. The predicted molar refractivity (Wildman–Crippen MR) is 97.5 cm³/mol. The van der Waals surface area contributed by atoms with Crippen LogP contribution >= 0.6 is 0 Å². The van der Waals surface area contributed by atoms with E-state index in [0.717, 1.165) is 55.0 Å². The van der Waals surface area contributed by atoms with Crippen LogP contribution in [0.3, 0.4) is 0 Å². The van der Waals surface area contributed by atoms with Crippen molar-refractivity contribution in [3.05, 3.63) is 24.3 Å². The fourth-order valence-electron chi connectivity index (χ4n) is 4.94. The van der Waals surface area contributed by atoms with Crippen LogP contribution in [-0.4, -0.2) is 48.1 Å². The Morgan fingerprint density at radius 2 is 2.23 bits per heavy atom. The summed E-state index contributed by atoms with van der Waals surface area (Å²) in [4.78, 5) is 10.2. The Balaban J connectivity index is 1.56. The molecule has 0 amide bonds. The van der Waals surface area contributed by atoms with Gasteiger partial charge in [0.1, 0.15) is 5.82 Å². The van der Waals surface area contributed by atoms with E-state index in [1.54, 1.807) is 6.20 Å². The van der Waals surface area contributed by atoms with E-state index in [9.17, 15) is 5.26 Å². The molecule has 134 valence electrons. The second kappa shape index (κ2) is 5.78. The molecule has 1 aliphatic heterocycles. The lowest BCUT2D eigenvalue weighted by Crippen LogP contribution is -2.52. The zero-order valence-corrected chi connectivity index (χ0v) is 15.0. The minimum Gasteiger partial charge on any atom is -0.345 e. The first-order valence-corrected chi connectivity index (χ1v) is 9.55. The van der Waals surface area contributed by atoms with Crippen LogP contribution in [0.1, 0.15) is 50.8 Å². The highest BCUT2D eigenvalue weighted by Gasteiger charge is 2.48. The van der Waals surface area contributed by atoms with E-state index in [4.69, 9.17) is 0 Å². The van der Waals surface area contributed by atoms with Gasteiger partial charge in [-0.2, -0.15) is 5.26 Å². The van der Waals surface area contributed by atoms with E-state index >= 15 is 0 Å². The molecule has 3 aromatic heterocycles. The molecule has 2 aliphatic rings. The SMILES string of the molecule is CC[C@@H]1CN(C2(CC#N)CCC2)C[C@@H]1c1nnc2cnc3[nH]ccc3n12. The van der Waals surface area contributed by atoms with E-state index in [-0.39, 0.29) is 5.54 Å². The molecule has 7 nitrogen and oxygen atoms in total. The van der Waals surface area contributed by atoms with Gasteiger partial charge in [-0.05, 0) is 31.2 Å². The third-order valence-electron chi connectivity index (χ3n) is 6.63. The van der Waals surface area contributed by atoms with Crippen molar-refractivity contribution in [1.82, 2.24) is 29.5 Å². The topological polar surface area (TPSA) is 85.9 Å². The van der Waals surface area contributed by atoms with Gasteiger partial charge in [-0.25, -0.2) is 4.98 Å². The van der Waals surface area contributed by atoms with Crippen LogP contribution in [0.25, 0.3) is 16.8 Å². The third kappa shape index (κ3) is 2.12. The monoisotopic (exact) mass is 349 g/mol. The van der Waals surface area contributed by atoms with Gasteiger partial charge >= 0.3 is 0 Å². The zero-order valence-electron chi connectivity index (χ0n) is 15.0. The van der Waals surface area contributed by atoms with Crippen molar-refractivity contribution in [2.24, 2.45) is 5.92 Å². The van der Waals surface area contributed by atoms with Crippen LogP contribution in [0.15, 0.2) is 18.5 Å². The minimum atomic E-state index is 0.0996. The van der Waals surface area contributed by atoms with Gasteiger partial charge in [0.05, 0.1) is 24.2 Å². The van der Waals surface area contributed by atoms with Crippen molar-refractivity contribution in [1.29, 1.82) is 5.26 Å². The first kappa shape index (κ1) is 15.8. The predicted octanol–water partition coefficient (Wildman–Crippen LogP) is 2.87. The molecule has 4 heterocycles. The van der Waals surface area contributed by atoms with E-state index < -0.39 is 0 Å². The summed E-state index contributed by atoms with van der Waals surface area (Å²) in [5, 5.41) is 18.3. The van der Waals surface area contributed by atoms with Gasteiger partial charge in [0, 0.05) is 30.7 Å². The summed E-state index contributed by atoms with van der Waals surface area (Å²) in [5.74, 6) is 1.92. The van der Waals surface area contributed by atoms with Crippen LogP contribution in [0.4, 0.5) is 0 Å². The molecule has 5 rings (SSSR count). The number of likely N-dealkylation sites (tertiary alicyclic amines) is 1. The number of nitriles is 1. The number of nitrogens with one attached hydrogen (secondary N) is 1. The molecule has 1 N–H and O–H groups in total. The molecule has 2 fully saturated rings. The highest BCUT2D eigenvalue weighted by Crippen LogP contribution is 2.46. The van der Waals surface area contributed by atoms with Crippen molar-refractivity contribution < 1.29 is 0 Å². The Hall–Kier alpha value is -2.46. The fraction of sp³-hybridized carbons (Fsp3) is 0.579. The van der Waals surface area contributed by atoms with Crippen molar-refractivity contribution in [2.75, 3.05) is 13.1 Å². The Morgan fingerprint density at radius 3 is 2.96 bits per heavy atom. The summed E-state index contributed by atoms with van der Waals surface area (Å²) in [6.07, 6.45) is 8.99. The largest absolute Gasteiger partial charge is 0.345 e. The maximum absolute atomic E-state index is 9.32. The number of fused-ring (bicyclic) bond motifs is 3. The molecule has 7 heteroatoms. The van der Waals surface area contributed by atoms with Crippen molar-refractivity contribution in [2.45, 2.75) is 50.5 Å². The molecule has 0 spiro atoms. The molecular formula is C19H23N7. The highest BCUT2D eigenvalue weighted by molar-refractivity contribution is 5.74. The van der Waals surface area contributed by atoms with E-state index in [1.807, 2.05) is 12.3 Å². The van der Waals surface area contributed by atoms with E-state index in [0.29, 0.717) is 18.3 Å². The van der Waals surface area contributed by atoms with Crippen molar-refractivity contribution in [3.63, 3.8) is 0 Å². The van der Waals surface area contributed by atoms with Gasteiger partial charge in [0.25, 0.3) is 0 Å². The zero-order chi connectivity index (χ0) is 17.7. The summed E-state index contributed by atoms with van der Waals surface area (Å²) < 4.78 is 2.16. The molecule has 1 saturated heterocycles. The molecule has 0 aromatic carbocycles. The van der Waals surface area contributed by atoms with Gasteiger partial charge < -0.3 is 4.98 Å². The molecule has 3 aromatic rings. The molecular weight excluding hydrogens is 326 g/mol. The van der Waals surface area contributed by atoms with E-state index in [2.05, 4.69) is 42.5 Å². The first-order chi connectivity index (χ1) is 12.8. The Bertz CT molecular complexity index is 990. The standard InChI is InChI=1S/C19H23N7/c1-2-13-11-25(19(7-8-20)5-3-6-19)12-14(13)18-24-23-16-10-22-17-15(26(16)18)4-9-21-17/h4,9-10,13-14,21H,2-3,5-7,11-12H2,1H3/t13-,14+/m1/s1. The average Bonchev–Trinajstić information content (AvgIpc) is 3.32. The number of H-pyrrole nitrogens is 1. The Morgan fingerprint density at radius 1 is 1.35 bits per heavy atom. The normalized spacial score (nSPS) is 25.5. The van der Waals surface area contributed by atoms with Gasteiger partial charge in [-0.15, -0.1) is 10.2 Å². The van der Waals surface area contributed by atoms with Gasteiger partial charge in [0.2, 0.25) is 0 Å². The van der Waals surface area contributed by atoms with Gasteiger partial charge in [-0.1, -0.05) is 13.3 Å². The second-order valence-corrected chi connectivity index (χ2v) is 7.81. The Labute approximate surface area is 152 Å². The molecule has 1 aliphatic carbocycles. The molecule has 26 heavy (non-hydrogen) atoms. The lowest BCUT2D eigenvalue weighted by Gasteiger charge is -2.47. The number of nitrogens with zero attached hydrogens (tertiary/aromatic N) is 6. The number of rotatable bonds is 4. The smallest absolute Gasteiger partial charge is 0.179 e. The fourth-order valence-corrected chi connectivity index (χ4v) is 4.94. The number of hydrogen-bond acceptors (Lipinski definition) is 5. The first-order valence-electron chi connectivity index (χ1n) is 9.55. The molecule has 0 radical (unpaired) electrons. The summed E-state index contributed by atoms with van der Waals surface area (Å²) in [7, 11) is 0. The van der Waals surface area contributed by atoms with Crippen LogP contribution in [0, 0.1) is 17.2 Å². The maximum Gasteiger partial charge on any atom is 0.179 e.